The zero-order valence-corrected chi connectivity index (χ0v) is 19.6. The zero-order valence-electron chi connectivity index (χ0n) is 25.8. The van der Waals surface area contributed by atoms with Gasteiger partial charge in [0.1, 0.15) is 11.6 Å². The molecule has 0 amide bonds. The van der Waals surface area contributed by atoms with E-state index in [0.717, 1.165) is 59.5 Å². The van der Waals surface area contributed by atoms with Crippen LogP contribution in [0.2, 0.25) is 5.02 Å². The average molecular weight is 531 g/mol. The summed E-state index contributed by atoms with van der Waals surface area (Å²) in [5.74, 6) is -4.14. The quantitative estimate of drug-likeness (QED) is 0.319. The Labute approximate surface area is 222 Å². The molecule has 3 aromatic carbocycles. The van der Waals surface area contributed by atoms with Crippen molar-refractivity contribution in [2.45, 2.75) is 43.3 Å². The summed E-state index contributed by atoms with van der Waals surface area (Å²) in [6, 6.07) is 11.0. The molecule has 36 heavy (non-hydrogen) atoms. The molecule has 0 saturated carbocycles. The number of aliphatic hydroxyl groups is 1. The largest absolute Gasteiger partial charge is 0.417 e. The lowest BCUT2D eigenvalue weighted by Gasteiger charge is -2.39. The fourth-order valence-corrected chi connectivity index (χ4v) is 4.25. The molecular formula is C28H27ClF5NO. The van der Waals surface area contributed by atoms with Crippen LogP contribution in [0, 0.1) is 11.6 Å². The normalized spacial score (nSPS) is 20.8. The molecule has 0 radical (unpaired) electrons. The third-order valence-electron chi connectivity index (χ3n) is 6.07. The summed E-state index contributed by atoms with van der Waals surface area (Å²) in [6.45, 7) is -3.91. The van der Waals surface area contributed by atoms with Gasteiger partial charge < -0.3 is 10.0 Å². The van der Waals surface area contributed by atoms with Crippen LogP contribution in [0.4, 0.5) is 22.0 Å². The zero-order chi connectivity index (χ0) is 32.2. The van der Waals surface area contributed by atoms with E-state index in [0.29, 0.717) is 6.07 Å². The van der Waals surface area contributed by atoms with E-state index in [9.17, 15) is 28.4 Å². The number of nitrogens with zero attached hydrogens (tertiary/aromatic N) is 1. The van der Waals surface area contributed by atoms with Crippen molar-refractivity contribution in [3.8, 4) is 0 Å². The van der Waals surface area contributed by atoms with Gasteiger partial charge >= 0.3 is 6.18 Å². The van der Waals surface area contributed by atoms with E-state index in [1.54, 1.807) is 0 Å². The molecular weight excluding hydrogens is 497 g/mol. The predicted molar refractivity (Wildman–Crippen MR) is 130 cm³/mol. The molecule has 192 valence electrons. The minimum Gasteiger partial charge on any atom is -0.385 e. The molecule has 1 saturated heterocycles. The first-order valence-electron chi connectivity index (χ1n) is 14.6. The Morgan fingerprint density at radius 2 is 1.47 bits per heavy atom. The smallest absolute Gasteiger partial charge is 0.385 e. The first-order chi connectivity index (χ1) is 19.7. The number of benzene rings is 3. The number of rotatable bonds is 7. The highest BCUT2D eigenvalue weighted by Gasteiger charge is 2.38. The second-order valence-corrected chi connectivity index (χ2v) is 8.87. The highest BCUT2D eigenvalue weighted by molar-refractivity contribution is 6.31. The maximum atomic E-state index is 13.8. The van der Waals surface area contributed by atoms with Crippen molar-refractivity contribution in [1.82, 2.24) is 4.90 Å². The fraction of sp³-hybridized carbons (Fsp3) is 0.357. The summed E-state index contributed by atoms with van der Waals surface area (Å²) in [6.07, 6.45) is -12.3. The van der Waals surface area contributed by atoms with Crippen LogP contribution in [-0.4, -0.2) is 29.6 Å². The first kappa shape index (κ1) is 18.7. The Kier molecular flexibility index (Phi) is 5.65. The Hall–Kier alpha value is -2.48. The second kappa shape index (κ2) is 10.9. The van der Waals surface area contributed by atoms with Crippen LogP contribution >= 0.6 is 11.6 Å². The topological polar surface area (TPSA) is 23.5 Å². The van der Waals surface area contributed by atoms with E-state index >= 15 is 0 Å². The molecule has 2 nitrogen and oxygen atoms in total. The van der Waals surface area contributed by atoms with Crippen molar-refractivity contribution >= 4 is 11.6 Å². The SMILES string of the molecule is [2H]C(c1ccc(F)cc1)(c1ccc(F)cc1)C([2H])([2H])C([2H])([2H])C([2H])([2H])N1CCC(O)(c2ccc(Cl)c(C(F)(F)F)c2)CC1. The van der Waals surface area contributed by atoms with Gasteiger partial charge in [0.2, 0.25) is 0 Å². The molecule has 1 N–H and O–H groups in total. The van der Waals surface area contributed by atoms with Crippen molar-refractivity contribution in [3.63, 3.8) is 0 Å². The summed E-state index contributed by atoms with van der Waals surface area (Å²) in [7, 11) is 0. The molecule has 1 heterocycles. The Bertz CT molecular complexity index is 1420. The van der Waals surface area contributed by atoms with Crippen LogP contribution in [0.25, 0.3) is 0 Å². The number of hydrogen-bond acceptors (Lipinski definition) is 2. The van der Waals surface area contributed by atoms with E-state index in [4.69, 9.17) is 19.8 Å². The molecule has 0 spiro atoms. The molecule has 0 unspecified atom stereocenters. The standard InChI is InChI=1S/C28H27ClF5NO/c29-26-12-7-21(18-25(26)28(32,33)34)27(36)13-16-35(17-14-27)15-1-2-24(19-3-8-22(30)9-4-19)20-5-10-23(31)11-6-20/h3-12,18,24,36H,1-2,13-17H2/i1D2,2D2,15D2,24D. The molecule has 0 atom stereocenters. The van der Waals surface area contributed by atoms with Gasteiger partial charge in [-0.1, -0.05) is 41.9 Å². The molecule has 1 aliphatic heterocycles. The molecule has 0 aromatic heterocycles. The molecule has 8 heteroatoms. The molecule has 1 aliphatic rings. The van der Waals surface area contributed by atoms with Gasteiger partial charge in [-0.05, 0) is 85.2 Å². The van der Waals surface area contributed by atoms with Crippen molar-refractivity contribution < 1.29 is 36.7 Å². The fourth-order valence-electron chi connectivity index (χ4n) is 4.02. The van der Waals surface area contributed by atoms with E-state index in [1.807, 2.05) is 0 Å². The van der Waals surface area contributed by atoms with Crippen LogP contribution in [0.3, 0.4) is 0 Å². The van der Waals surface area contributed by atoms with Crippen molar-refractivity contribution in [1.29, 1.82) is 0 Å². The van der Waals surface area contributed by atoms with Gasteiger partial charge in [0.25, 0.3) is 0 Å². The van der Waals surface area contributed by atoms with Gasteiger partial charge in [-0.3, -0.25) is 0 Å². The lowest BCUT2D eigenvalue weighted by atomic mass is 9.83. The van der Waals surface area contributed by atoms with E-state index in [-0.39, 0.29) is 42.6 Å². The van der Waals surface area contributed by atoms with Crippen molar-refractivity contribution in [3.05, 3.63) is 106 Å². The van der Waals surface area contributed by atoms with Gasteiger partial charge in [-0.2, -0.15) is 13.2 Å². The Balaban J connectivity index is 1.69. The number of likely N-dealkylation sites (tertiary alicyclic amines) is 1. The van der Waals surface area contributed by atoms with Crippen LogP contribution in [0.1, 0.15) is 63.3 Å². The first-order valence-corrected chi connectivity index (χ1v) is 11.4. The van der Waals surface area contributed by atoms with Crippen LogP contribution in [0.5, 0.6) is 0 Å². The highest BCUT2D eigenvalue weighted by atomic mass is 35.5. The lowest BCUT2D eigenvalue weighted by molar-refractivity contribution is -0.137. The number of piperidine rings is 1. The van der Waals surface area contributed by atoms with Gasteiger partial charge in [0, 0.05) is 28.6 Å². The number of alkyl halides is 3. The molecule has 4 rings (SSSR count). The Morgan fingerprint density at radius 3 is 1.97 bits per heavy atom. The summed E-state index contributed by atoms with van der Waals surface area (Å²) in [5, 5.41) is 10.7. The van der Waals surface area contributed by atoms with Gasteiger partial charge in [0.05, 0.1) is 16.2 Å². The minimum atomic E-state index is -4.79. The maximum Gasteiger partial charge on any atom is 0.417 e. The Morgan fingerprint density at radius 1 is 0.944 bits per heavy atom. The van der Waals surface area contributed by atoms with Crippen LogP contribution in [-0.2, 0) is 11.8 Å². The highest BCUT2D eigenvalue weighted by Crippen LogP contribution is 2.40. The van der Waals surface area contributed by atoms with Crippen LogP contribution in [0.15, 0.2) is 66.7 Å². The van der Waals surface area contributed by atoms with Gasteiger partial charge in [0.15, 0.2) is 0 Å². The summed E-state index contributed by atoms with van der Waals surface area (Å²) >= 11 is 5.69. The molecule has 0 aliphatic carbocycles. The van der Waals surface area contributed by atoms with E-state index in [2.05, 4.69) is 0 Å². The minimum absolute atomic E-state index is 0.111. The van der Waals surface area contributed by atoms with Crippen molar-refractivity contribution in [2.24, 2.45) is 0 Å². The second-order valence-electron chi connectivity index (χ2n) is 8.46. The number of halogens is 6. The predicted octanol–water partition coefficient (Wildman–Crippen LogP) is 7.53. The summed E-state index contributed by atoms with van der Waals surface area (Å²) in [5.41, 5.74) is -3.55. The number of hydrogen-bond donors (Lipinski definition) is 1. The van der Waals surface area contributed by atoms with E-state index < -0.39 is 59.1 Å². The van der Waals surface area contributed by atoms with E-state index in [1.165, 1.54) is 6.07 Å². The molecule has 0 bridgehead atoms. The third kappa shape index (κ3) is 6.25. The summed E-state index contributed by atoms with van der Waals surface area (Å²) in [4.78, 5) is 0.926. The van der Waals surface area contributed by atoms with Crippen LogP contribution < -0.4 is 0 Å². The molecule has 1 fully saturated rings. The third-order valence-corrected chi connectivity index (χ3v) is 6.40. The van der Waals surface area contributed by atoms with Crippen molar-refractivity contribution in [2.75, 3.05) is 19.6 Å². The van der Waals surface area contributed by atoms with Gasteiger partial charge in [-0.15, -0.1) is 0 Å². The summed E-state index contributed by atoms with van der Waals surface area (Å²) < 4.78 is 130. The monoisotopic (exact) mass is 530 g/mol. The molecule has 3 aromatic rings. The lowest BCUT2D eigenvalue weighted by Crippen LogP contribution is -2.43. The maximum absolute atomic E-state index is 13.8. The average Bonchev–Trinajstić information content (AvgIpc) is 2.93. The van der Waals surface area contributed by atoms with Gasteiger partial charge in [-0.25, -0.2) is 8.78 Å².